The fraction of sp³-hybridized carbons (Fsp3) is 0.821. The summed E-state index contributed by atoms with van der Waals surface area (Å²) in [6.45, 7) is 11.4. The van der Waals surface area contributed by atoms with E-state index in [1.165, 1.54) is 55.4 Å². The summed E-state index contributed by atoms with van der Waals surface area (Å²) in [5.41, 5.74) is 0.0865. The SMILES string of the molecule is CC(C)CCC[C@@H](C)[C@H]1CC[C@H]2[C@@H]3[C@@H](O)C=C4C[C@@H](OP(=O)(OCCC#N)OC[C@H]5O[C@@H](n6ccc(=O)[nH]c6=O)C[C@@H]5O)CC[C@]4(C)[C@H]3CC[C@]12C. The molecule has 1 aromatic heterocycles. The van der Waals surface area contributed by atoms with Crippen molar-refractivity contribution >= 4 is 7.82 Å². The first kappa shape index (κ1) is 39.6. The molecule has 1 unspecified atom stereocenters. The van der Waals surface area contributed by atoms with Crippen LogP contribution in [0.25, 0.3) is 0 Å². The van der Waals surface area contributed by atoms with E-state index in [1.807, 2.05) is 6.07 Å². The van der Waals surface area contributed by atoms with Crippen molar-refractivity contribution < 1.29 is 33.1 Å². The Balaban J connectivity index is 1.11. The molecule has 52 heavy (non-hydrogen) atoms. The third kappa shape index (κ3) is 7.98. The molecule has 1 saturated heterocycles. The molecule has 1 aromatic rings. The van der Waals surface area contributed by atoms with Crippen LogP contribution in [0, 0.1) is 57.7 Å². The Hall–Kier alpha value is -2.10. The van der Waals surface area contributed by atoms with Gasteiger partial charge in [0.05, 0.1) is 44.0 Å². The topological polar surface area (TPSA) is 173 Å². The predicted octanol–water partition coefficient (Wildman–Crippen LogP) is 6.64. The minimum absolute atomic E-state index is 0.0166. The lowest BCUT2D eigenvalue weighted by Gasteiger charge is -2.59. The molecule has 5 aliphatic rings. The van der Waals surface area contributed by atoms with Crippen LogP contribution in [0.3, 0.4) is 0 Å². The Morgan fingerprint density at radius 2 is 1.88 bits per heavy atom. The lowest BCUT2D eigenvalue weighted by atomic mass is 9.46. The zero-order chi connectivity index (χ0) is 37.4. The largest absolute Gasteiger partial charge is 0.475 e. The summed E-state index contributed by atoms with van der Waals surface area (Å²) in [7, 11) is -4.22. The summed E-state index contributed by atoms with van der Waals surface area (Å²) in [6, 6.07) is 3.17. The summed E-state index contributed by atoms with van der Waals surface area (Å²) in [5.74, 6) is 3.23. The van der Waals surface area contributed by atoms with Crippen LogP contribution >= 0.6 is 7.82 Å². The number of aliphatic hydroxyl groups is 2. The van der Waals surface area contributed by atoms with E-state index in [9.17, 15) is 24.4 Å². The van der Waals surface area contributed by atoms with Crippen molar-refractivity contribution in [2.24, 2.45) is 46.3 Å². The van der Waals surface area contributed by atoms with Gasteiger partial charge in [-0.1, -0.05) is 65.5 Å². The van der Waals surface area contributed by atoms with Crippen molar-refractivity contribution in [3.8, 4) is 6.07 Å². The molecular weight excluding hydrogens is 685 g/mol. The molecule has 13 heteroatoms. The summed E-state index contributed by atoms with van der Waals surface area (Å²) in [6.07, 6.45) is 10.1. The fourth-order valence-corrected chi connectivity index (χ4v) is 12.5. The number of ether oxygens (including phenoxy) is 1. The molecule has 4 aliphatic carbocycles. The molecule has 0 spiro atoms. The summed E-state index contributed by atoms with van der Waals surface area (Å²) in [4.78, 5) is 25.9. The highest BCUT2D eigenvalue weighted by Crippen LogP contribution is 2.68. The molecule has 4 fully saturated rings. The van der Waals surface area contributed by atoms with E-state index < -0.39 is 49.7 Å². The van der Waals surface area contributed by atoms with Crippen molar-refractivity contribution in [2.75, 3.05) is 13.2 Å². The molecule has 1 aliphatic heterocycles. The first-order valence-electron chi connectivity index (χ1n) is 19.7. The van der Waals surface area contributed by atoms with Gasteiger partial charge in [-0.2, -0.15) is 5.26 Å². The Kier molecular flexibility index (Phi) is 12.1. The van der Waals surface area contributed by atoms with E-state index in [1.54, 1.807) is 0 Å². The van der Waals surface area contributed by atoms with Crippen LogP contribution in [0.5, 0.6) is 0 Å². The molecule has 0 radical (unpaired) electrons. The highest BCUT2D eigenvalue weighted by Gasteiger charge is 2.61. The second-order valence-electron chi connectivity index (χ2n) is 17.3. The normalized spacial score (nSPS) is 38.8. The van der Waals surface area contributed by atoms with Crippen LogP contribution in [-0.4, -0.2) is 57.4 Å². The molecule has 12 nitrogen and oxygen atoms in total. The van der Waals surface area contributed by atoms with Gasteiger partial charge in [0.25, 0.3) is 5.56 Å². The number of aromatic amines is 1. The number of phosphoric ester groups is 1. The third-order valence-corrected chi connectivity index (χ3v) is 15.3. The van der Waals surface area contributed by atoms with Crippen LogP contribution in [0.2, 0.25) is 0 Å². The molecule has 0 amide bonds. The number of nitriles is 1. The third-order valence-electron chi connectivity index (χ3n) is 13.8. The van der Waals surface area contributed by atoms with Crippen LogP contribution in [-0.2, 0) is 22.9 Å². The molecule has 13 atom stereocenters. The second-order valence-corrected chi connectivity index (χ2v) is 18.9. The van der Waals surface area contributed by atoms with Gasteiger partial charge in [0, 0.05) is 18.7 Å². The number of hydrogen-bond donors (Lipinski definition) is 3. The van der Waals surface area contributed by atoms with Gasteiger partial charge in [0.1, 0.15) is 12.3 Å². The van der Waals surface area contributed by atoms with E-state index >= 15 is 0 Å². The van der Waals surface area contributed by atoms with Gasteiger partial charge in [-0.25, -0.2) is 9.36 Å². The van der Waals surface area contributed by atoms with E-state index in [0.717, 1.165) is 24.3 Å². The van der Waals surface area contributed by atoms with Crippen molar-refractivity contribution in [1.29, 1.82) is 5.26 Å². The summed E-state index contributed by atoms with van der Waals surface area (Å²) < 4.78 is 38.6. The first-order valence-corrected chi connectivity index (χ1v) is 21.1. The van der Waals surface area contributed by atoms with E-state index in [0.29, 0.717) is 36.5 Å². The van der Waals surface area contributed by atoms with Crippen LogP contribution in [0.4, 0.5) is 0 Å². The fourth-order valence-electron chi connectivity index (χ4n) is 11.1. The minimum Gasteiger partial charge on any atom is -0.390 e. The number of phosphoric acid groups is 1. The van der Waals surface area contributed by atoms with Crippen LogP contribution in [0.1, 0.15) is 118 Å². The number of aliphatic hydroxyl groups excluding tert-OH is 2. The zero-order valence-electron chi connectivity index (χ0n) is 31.6. The smallest absolute Gasteiger partial charge is 0.390 e. The Labute approximate surface area is 307 Å². The van der Waals surface area contributed by atoms with E-state index in [-0.39, 0.29) is 42.8 Å². The zero-order valence-corrected chi connectivity index (χ0v) is 32.5. The van der Waals surface area contributed by atoms with Crippen molar-refractivity contribution in [2.45, 2.75) is 142 Å². The minimum atomic E-state index is -4.22. The molecule has 290 valence electrons. The first-order chi connectivity index (χ1) is 24.7. The lowest BCUT2D eigenvalue weighted by Crippen LogP contribution is -2.55. The number of nitrogens with one attached hydrogen (secondary N) is 1. The predicted molar refractivity (Wildman–Crippen MR) is 195 cm³/mol. The number of aromatic nitrogens is 2. The maximum Gasteiger partial charge on any atom is 0.475 e. The van der Waals surface area contributed by atoms with Gasteiger partial charge in [-0.15, -0.1) is 0 Å². The number of fused-ring (bicyclic) bond motifs is 5. The number of hydrogen-bond acceptors (Lipinski definition) is 10. The maximum atomic E-state index is 14.1. The lowest BCUT2D eigenvalue weighted by molar-refractivity contribution is -0.0975. The quantitative estimate of drug-likeness (QED) is 0.107. The van der Waals surface area contributed by atoms with E-state index in [2.05, 4.69) is 45.7 Å². The number of H-pyrrole nitrogens is 1. The van der Waals surface area contributed by atoms with Crippen molar-refractivity contribution in [1.82, 2.24) is 9.55 Å². The van der Waals surface area contributed by atoms with Gasteiger partial charge in [0.15, 0.2) is 0 Å². The monoisotopic (exact) mass is 745 g/mol. The molecule has 2 heterocycles. The molecule has 0 bridgehead atoms. The standard InChI is InChI=1S/C39H60N3O9P/c1-24(2)8-6-9-25(3)28-10-11-29-36-30(13-16-39(28,29)5)38(4)15-12-27(20-26(38)21-32(36)44)51-52(47,48-19-7-17-40)49-23-33-31(43)22-35(50-33)42-18-14-34(45)41-37(42)46/h14,18,21,24-25,27-33,35-36,43-44H,6-13,15-16,19-20,22-23H2,1-5H3,(H,41,45,46)/t25-,27+,28-,29+,30+,31+,32+,33-,35-,36+,38+,39-,52?/m1/s1. The summed E-state index contributed by atoms with van der Waals surface area (Å²) >= 11 is 0. The van der Waals surface area contributed by atoms with Crippen molar-refractivity contribution in [3.05, 3.63) is 44.8 Å². The van der Waals surface area contributed by atoms with Gasteiger partial charge in [-0.3, -0.25) is 27.9 Å². The van der Waals surface area contributed by atoms with E-state index in [4.69, 9.17) is 23.6 Å². The molecule has 3 N–H and O–H groups in total. The van der Waals surface area contributed by atoms with Gasteiger partial charge >= 0.3 is 13.5 Å². The molecule has 3 saturated carbocycles. The van der Waals surface area contributed by atoms with Crippen molar-refractivity contribution in [3.63, 3.8) is 0 Å². The second kappa shape index (κ2) is 15.9. The average Bonchev–Trinajstić information content (AvgIpc) is 3.63. The highest BCUT2D eigenvalue weighted by atomic mass is 31.2. The molecule has 0 aromatic carbocycles. The van der Waals surface area contributed by atoms with Crippen LogP contribution in [0.15, 0.2) is 33.5 Å². The Morgan fingerprint density at radius 1 is 1.10 bits per heavy atom. The highest BCUT2D eigenvalue weighted by molar-refractivity contribution is 7.48. The Morgan fingerprint density at radius 3 is 2.62 bits per heavy atom. The maximum absolute atomic E-state index is 14.1. The van der Waals surface area contributed by atoms with Gasteiger partial charge < -0.3 is 14.9 Å². The number of rotatable bonds is 14. The van der Waals surface area contributed by atoms with Gasteiger partial charge in [-0.05, 0) is 91.3 Å². The average molecular weight is 746 g/mol. The molecule has 6 rings (SSSR count). The molecular formula is C39H60N3O9P. The number of nitrogens with zero attached hydrogens (tertiary/aromatic N) is 2. The van der Waals surface area contributed by atoms with Crippen LogP contribution < -0.4 is 11.2 Å². The van der Waals surface area contributed by atoms with Gasteiger partial charge in [0.2, 0.25) is 0 Å². The Bertz CT molecular complexity index is 1650. The summed E-state index contributed by atoms with van der Waals surface area (Å²) in [5, 5.41) is 31.7.